The van der Waals surface area contributed by atoms with Gasteiger partial charge in [-0.25, -0.2) is 4.68 Å². The van der Waals surface area contributed by atoms with E-state index in [9.17, 15) is 4.79 Å². The van der Waals surface area contributed by atoms with E-state index in [4.69, 9.17) is 0 Å². The van der Waals surface area contributed by atoms with Gasteiger partial charge in [0.25, 0.3) is 5.56 Å². The fourth-order valence-electron chi connectivity index (χ4n) is 1.36. The van der Waals surface area contributed by atoms with Gasteiger partial charge >= 0.3 is 0 Å². The molecular weight excluding hydrogens is 256 g/mol. The van der Waals surface area contributed by atoms with Crippen LogP contribution in [0.15, 0.2) is 10.9 Å². The highest BCUT2D eigenvalue weighted by Gasteiger charge is 2.09. The van der Waals surface area contributed by atoms with E-state index in [1.807, 2.05) is 13.0 Å². The number of alkyl halides is 1. The van der Waals surface area contributed by atoms with Crippen LogP contribution in [0.25, 0.3) is 0 Å². The molecule has 1 aromatic rings. The van der Waals surface area contributed by atoms with Crippen LogP contribution in [0, 0.1) is 0 Å². The maximum atomic E-state index is 11.8. The highest BCUT2D eigenvalue weighted by Crippen LogP contribution is 2.12. The van der Waals surface area contributed by atoms with Crippen LogP contribution in [0.3, 0.4) is 0 Å². The van der Waals surface area contributed by atoms with Crippen LogP contribution in [-0.4, -0.2) is 9.78 Å². The smallest absolute Gasteiger partial charge is 0.267 e. The summed E-state index contributed by atoms with van der Waals surface area (Å²) in [5.41, 5.74) is 1.80. The molecule has 4 heteroatoms. The van der Waals surface area contributed by atoms with Gasteiger partial charge in [-0.05, 0) is 18.4 Å². The molecule has 0 atom stereocenters. The first-order valence-electron chi connectivity index (χ1n) is 5.27. The lowest BCUT2D eigenvalue weighted by molar-refractivity contribution is 0.543. The minimum absolute atomic E-state index is 0.0260. The average Bonchev–Trinajstić information content (AvgIpc) is 2.21. The summed E-state index contributed by atoms with van der Waals surface area (Å²) >= 11 is 3.34. The summed E-state index contributed by atoms with van der Waals surface area (Å²) in [6.45, 7) is 6.91. The van der Waals surface area contributed by atoms with Gasteiger partial charge in [-0.3, -0.25) is 4.79 Å². The molecule has 0 fully saturated rings. The van der Waals surface area contributed by atoms with Crippen LogP contribution in [0.5, 0.6) is 0 Å². The van der Waals surface area contributed by atoms with E-state index in [1.165, 1.54) is 0 Å². The summed E-state index contributed by atoms with van der Waals surface area (Å²) in [5, 5.41) is 4.95. The van der Waals surface area contributed by atoms with Gasteiger partial charge in [-0.15, -0.1) is 0 Å². The van der Waals surface area contributed by atoms with E-state index in [1.54, 1.807) is 4.68 Å². The van der Waals surface area contributed by atoms with E-state index in [0.29, 0.717) is 17.8 Å². The summed E-state index contributed by atoms with van der Waals surface area (Å²) in [5.74, 6) is 0.353. The number of hydrogen-bond donors (Lipinski definition) is 0. The average molecular weight is 273 g/mol. The minimum atomic E-state index is 0.0260. The normalized spacial score (nSPS) is 11.0. The van der Waals surface area contributed by atoms with Crippen molar-refractivity contribution in [2.24, 2.45) is 0 Å². The molecule has 1 aromatic heterocycles. The van der Waals surface area contributed by atoms with Crippen LogP contribution in [0.2, 0.25) is 0 Å². The fraction of sp³-hybridized carbons (Fsp3) is 0.636. The van der Waals surface area contributed by atoms with Crippen molar-refractivity contribution in [3.05, 3.63) is 27.7 Å². The Morgan fingerprint density at radius 1 is 1.53 bits per heavy atom. The van der Waals surface area contributed by atoms with Gasteiger partial charge < -0.3 is 0 Å². The topological polar surface area (TPSA) is 34.9 Å². The third-order valence-electron chi connectivity index (χ3n) is 2.24. The summed E-state index contributed by atoms with van der Waals surface area (Å²) in [6.07, 6.45) is 0.927. The van der Waals surface area contributed by atoms with Crippen molar-refractivity contribution in [2.75, 3.05) is 0 Å². The van der Waals surface area contributed by atoms with E-state index in [0.717, 1.165) is 17.7 Å². The van der Waals surface area contributed by atoms with Crippen molar-refractivity contribution in [1.82, 2.24) is 9.78 Å². The Hall–Kier alpha value is -0.640. The Morgan fingerprint density at radius 3 is 2.67 bits per heavy atom. The van der Waals surface area contributed by atoms with Gasteiger partial charge in [-0.1, -0.05) is 36.7 Å². The summed E-state index contributed by atoms with van der Waals surface area (Å²) < 4.78 is 1.58. The number of halogens is 1. The number of rotatable bonds is 4. The molecule has 84 valence electrons. The zero-order valence-electron chi connectivity index (χ0n) is 9.46. The highest BCUT2D eigenvalue weighted by molar-refractivity contribution is 9.08. The number of nitrogens with zero attached hydrogens (tertiary/aromatic N) is 2. The second-order valence-corrected chi connectivity index (χ2v) is 4.47. The maximum Gasteiger partial charge on any atom is 0.270 e. The van der Waals surface area contributed by atoms with Gasteiger partial charge in [0.15, 0.2) is 0 Å². The predicted octanol–water partition coefficient (Wildman–Crippen LogP) is 2.67. The molecule has 0 saturated carbocycles. The van der Waals surface area contributed by atoms with E-state index >= 15 is 0 Å². The molecule has 0 saturated heterocycles. The van der Waals surface area contributed by atoms with Crippen LogP contribution < -0.4 is 5.56 Å². The van der Waals surface area contributed by atoms with Crippen LogP contribution >= 0.6 is 15.9 Å². The molecule has 1 heterocycles. The van der Waals surface area contributed by atoms with Crippen molar-refractivity contribution in [1.29, 1.82) is 0 Å². The van der Waals surface area contributed by atoms with Crippen LogP contribution in [0.1, 0.15) is 44.4 Å². The van der Waals surface area contributed by atoms with Crippen molar-refractivity contribution in [3.8, 4) is 0 Å². The second kappa shape index (κ2) is 5.45. The predicted molar refractivity (Wildman–Crippen MR) is 65.5 cm³/mol. The Balaban J connectivity index is 3.25. The fourth-order valence-corrected chi connectivity index (χ4v) is 1.76. The van der Waals surface area contributed by atoms with E-state index in [2.05, 4.69) is 34.9 Å². The number of hydrogen-bond acceptors (Lipinski definition) is 2. The van der Waals surface area contributed by atoms with E-state index in [-0.39, 0.29) is 5.56 Å². The van der Waals surface area contributed by atoms with Gasteiger partial charge in [0.1, 0.15) is 0 Å². The SMILES string of the molecule is CCCn1nc(C(C)C)cc(CBr)c1=O. The Labute approximate surface area is 98.6 Å². The number of aryl methyl sites for hydroxylation is 1. The lowest BCUT2D eigenvalue weighted by atomic mass is 10.1. The molecule has 0 aliphatic carbocycles. The second-order valence-electron chi connectivity index (χ2n) is 3.91. The van der Waals surface area contributed by atoms with Crippen LogP contribution in [0.4, 0.5) is 0 Å². The number of aromatic nitrogens is 2. The molecule has 0 aromatic carbocycles. The monoisotopic (exact) mass is 272 g/mol. The molecule has 0 amide bonds. The standard InChI is InChI=1S/C11H17BrN2O/c1-4-5-14-11(15)9(7-12)6-10(13-14)8(2)3/h6,8H,4-5,7H2,1-3H3. The van der Waals surface area contributed by atoms with Crippen molar-refractivity contribution < 1.29 is 0 Å². The molecule has 0 unspecified atom stereocenters. The first-order chi connectivity index (χ1) is 7.10. The summed E-state index contributed by atoms with van der Waals surface area (Å²) in [6, 6.07) is 1.90. The van der Waals surface area contributed by atoms with Crippen molar-refractivity contribution >= 4 is 15.9 Å². The lowest BCUT2D eigenvalue weighted by Gasteiger charge is -2.10. The van der Waals surface area contributed by atoms with Gasteiger partial charge in [0.05, 0.1) is 5.69 Å². The van der Waals surface area contributed by atoms with E-state index < -0.39 is 0 Å². The molecule has 0 aliphatic heterocycles. The molecule has 0 N–H and O–H groups in total. The largest absolute Gasteiger partial charge is 0.270 e. The molecule has 3 nitrogen and oxygen atoms in total. The maximum absolute atomic E-state index is 11.8. The van der Waals surface area contributed by atoms with Gasteiger partial charge in [-0.2, -0.15) is 5.10 Å². The van der Waals surface area contributed by atoms with Crippen molar-refractivity contribution in [2.45, 2.75) is 45.0 Å². The quantitative estimate of drug-likeness (QED) is 0.790. The molecule has 0 radical (unpaired) electrons. The molecule has 0 bridgehead atoms. The summed E-state index contributed by atoms with van der Waals surface area (Å²) in [4.78, 5) is 11.8. The Morgan fingerprint density at radius 2 is 2.20 bits per heavy atom. The highest BCUT2D eigenvalue weighted by atomic mass is 79.9. The first-order valence-corrected chi connectivity index (χ1v) is 6.39. The minimum Gasteiger partial charge on any atom is -0.267 e. The lowest BCUT2D eigenvalue weighted by Crippen LogP contribution is -2.27. The first kappa shape index (κ1) is 12.4. The third-order valence-corrected chi connectivity index (χ3v) is 2.84. The summed E-state index contributed by atoms with van der Waals surface area (Å²) in [7, 11) is 0. The van der Waals surface area contributed by atoms with Gasteiger partial charge in [0, 0.05) is 17.4 Å². The Kier molecular flexibility index (Phi) is 4.51. The molecule has 15 heavy (non-hydrogen) atoms. The van der Waals surface area contributed by atoms with Crippen LogP contribution in [-0.2, 0) is 11.9 Å². The Bertz CT molecular complexity index is 385. The molecule has 1 rings (SSSR count). The zero-order valence-corrected chi connectivity index (χ0v) is 11.0. The zero-order chi connectivity index (χ0) is 11.4. The molecule has 0 spiro atoms. The third kappa shape index (κ3) is 2.91. The molecule has 0 aliphatic rings. The van der Waals surface area contributed by atoms with Gasteiger partial charge in [0.2, 0.25) is 0 Å². The molecular formula is C11H17BrN2O. The van der Waals surface area contributed by atoms with Crippen molar-refractivity contribution in [3.63, 3.8) is 0 Å².